The predicted molar refractivity (Wildman–Crippen MR) is 82.9 cm³/mol. The van der Waals surface area contributed by atoms with Crippen LogP contribution in [0.25, 0.3) is 0 Å². The third kappa shape index (κ3) is 3.67. The minimum absolute atomic E-state index is 0.481. The van der Waals surface area contributed by atoms with Crippen molar-refractivity contribution >= 4 is 5.95 Å². The summed E-state index contributed by atoms with van der Waals surface area (Å²) in [6, 6.07) is 1.07. The van der Waals surface area contributed by atoms with Gasteiger partial charge in [-0.2, -0.15) is 0 Å². The molecule has 1 aliphatic heterocycles. The van der Waals surface area contributed by atoms with Crippen LogP contribution in [0.2, 0.25) is 0 Å². The Labute approximate surface area is 122 Å². The summed E-state index contributed by atoms with van der Waals surface area (Å²) in [5.74, 6) is 1.50. The molecule has 1 fully saturated rings. The van der Waals surface area contributed by atoms with Crippen molar-refractivity contribution in [3.63, 3.8) is 0 Å². The summed E-state index contributed by atoms with van der Waals surface area (Å²) in [6.45, 7) is 9.45. The SMILES string of the molecule is CC(C)NCc1cnc(N2CC(C)C(N(C)C)C2)nc1. The molecule has 5 nitrogen and oxygen atoms in total. The van der Waals surface area contributed by atoms with Gasteiger partial charge in [0.1, 0.15) is 0 Å². The number of likely N-dealkylation sites (N-methyl/N-ethyl adjacent to an activating group) is 1. The van der Waals surface area contributed by atoms with E-state index in [-0.39, 0.29) is 0 Å². The van der Waals surface area contributed by atoms with Crippen LogP contribution in [-0.2, 0) is 6.54 Å². The second-order valence-electron chi connectivity index (χ2n) is 6.34. The molecule has 5 heteroatoms. The Morgan fingerprint density at radius 3 is 2.45 bits per heavy atom. The lowest BCUT2D eigenvalue weighted by molar-refractivity contribution is 0.266. The van der Waals surface area contributed by atoms with E-state index in [0.717, 1.165) is 31.1 Å². The van der Waals surface area contributed by atoms with Gasteiger partial charge in [-0.05, 0) is 20.0 Å². The van der Waals surface area contributed by atoms with Gasteiger partial charge in [-0.15, -0.1) is 0 Å². The molecule has 0 amide bonds. The summed E-state index contributed by atoms with van der Waals surface area (Å²) in [5.41, 5.74) is 1.14. The fourth-order valence-electron chi connectivity index (χ4n) is 2.71. The van der Waals surface area contributed by atoms with Crippen LogP contribution in [0.4, 0.5) is 5.95 Å². The molecule has 112 valence electrons. The molecule has 1 N–H and O–H groups in total. The number of hydrogen-bond donors (Lipinski definition) is 1. The van der Waals surface area contributed by atoms with Crippen molar-refractivity contribution in [2.45, 2.75) is 39.4 Å². The quantitative estimate of drug-likeness (QED) is 0.880. The van der Waals surface area contributed by atoms with E-state index in [2.05, 4.69) is 60.0 Å². The zero-order valence-electron chi connectivity index (χ0n) is 13.3. The molecule has 1 aromatic heterocycles. The fourth-order valence-corrected chi connectivity index (χ4v) is 2.71. The average Bonchev–Trinajstić information content (AvgIpc) is 2.79. The van der Waals surface area contributed by atoms with Crippen molar-refractivity contribution in [2.24, 2.45) is 5.92 Å². The third-order valence-corrected chi connectivity index (χ3v) is 3.92. The Kier molecular flexibility index (Phi) is 4.94. The van der Waals surface area contributed by atoms with Crippen LogP contribution in [0, 0.1) is 5.92 Å². The number of hydrogen-bond acceptors (Lipinski definition) is 5. The summed E-state index contributed by atoms with van der Waals surface area (Å²) >= 11 is 0. The van der Waals surface area contributed by atoms with Crippen LogP contribution in [-0.4, -0.2) is 54.1 Å². The van der Waals surface area contributed by atoms with Crippen molar-refractivity contribution in [3.05, 3.63) is 18.0 Å². The van der Waals surface area contributed by atoms with Gasteiger partial charge in [0.15, 0.2) is 0 Å². The van der Waals surface area contributed by atoms with Crippen molar-refractivity contribution in [2.75, 3.05) is 32.1 Å². The Balaban J connectivity index is 1.97. The summed E-state index contributed by atoms with van der Waals surface area (Å²) < 4.78 is 0. The summed E-state index contributed by atoms with van der Waals surface area (Å²) in [5, 5.41) is 3.38. The summed E-state index contributed by atoms with van der Waals surface area (Å²) in [7, 11) is 4.29. The first-order valence-electron chi connectivity index (χ1n) is 7.43. The van der Waals surface area contributed by atoms with E-state index in [0.29, 0.717) is 18.0 Å². The molecule has 2 atom stereocenters. The molecule has 2 heterocycles. The first-order chi connectivity index (χ1) is 9.47. The van der Waals surface area contributed by atoms with E-state index in [1.807, 2.05) is 12.4 Å². The topological polar surface area (TPSA) is 44.3 Å². The van der Waals surface area contributed by atoms with Crippen molar-refractivity contribution in [3.8, 4) is 0 Å². The summed E-state index contributed by atoms with van der Waals surface area (Å²) in [6.07, 6.45) is 3.87. The lowest BCUT2D eigenvalue weighted by atomic mass is 10.1. The van der Waals surface area contributed by atoms with Gasteiger partial charge in [0.25, 0.3) is 0 Å². The molecule has 0 aliphatic carbocycles. The molecular weight excluding hydrogens is 250 g/mol. The maximum absolute atomic E-state index is 4.52. The molecule has 0 spiro atoms. The number of rotatable bonds is 5. The first-order valence-corrected chi connectivity index (χ1v) is 7.43. The zero-order chi connectivity index (χ0) is 14.7. The van der Waals surface area contributed by atoms with Crippen LogP contribution in [0.15, 0.2) is 12.4 Å². The molecule has 1 saturated heterocycles. The van der Waals surface area contributed by atoms with Gasteiger partial charge in [-0.3, -0.25) is 0 Å². The van der Waals surface area contributed by atoms with Gasteiger partial charge in [-0.25, -0.2) is 9.97 Å². The largest absolute Gasteiger partial charge is 0.339 e. The Morgan fingerprint density at radius 2 is 1.95 bits per heavy atom. The highest BCUT2D eigenvalue weighted by Gasteiger charge is 2.32. The van der Waals surface area contributed by atoms with E-state index in [1.54, 1.807) is 0 Å². The van der Waals surface area contributed by atoms with Crippen LogP contribution >= 0.6 is 0 Å². The minimum atomic E-state index is 0.481. The molecule has 2 rings (SSSR count). The van der Waals surface area contributed by atoms with E-state index in [4.69, 9.17) is 0 Å². The standard InChI is InChI=1S/C15H27N5/c1-11(2)16-6-13-7-17-15(18-8-13)20-9-12(3)14(10-20)19(4)5/h7-8,11-12,14,16H,6,9-10H2,1-5H3. The van der Waals surface area contributed by atoms with Crippen LogP contribution in [0.3, 0.4) is 0 Å². The van der Waals surface area contributed by atoms with Crippen molar-refractivity contribution in [1.29, 1.82) is 0 Å². The zero-order valence-corrected chi connectivity index (χ0v) is 13.3. The van der Waals surface area contributed by atoms with Gasteiger partial charge in [0, 0.05) is 49.7 Å². The third-order valence-electron chi connectivity index (χ3n) is 3.92. The fraction of sp³-hybridized carbons (Fsp3) is 0.733. The van der Waals surface area contributed by atoms with Crippen LogP contribution in [0.5, 0.6) is 0 Å². The maximum Gasteiger partial charge on any atom is 0.225 e. The normalized spacial score (nSPS) is 23.1. The number of aromatic nitrogens is 2. The van der Waals surface area contributed by atoms with Crippen LogP contribution < -0.4 is 10.2 Å². The molecule has 0 bridgehead atoms. The highest BCUT2D eigenvalue weighted by Crippen LogP contribution is 2.23. The van der Waals surface area contributed by atoms with E-state index < -0.39 is 0 Å². The van der Waals surface area contributed by atoms with E-state index in [9.17, 15) is 0 Å². The van der Waals surface area contributed by atoms with Gasteiger partial charge in [0.05, 0.1) is 0 Å². The average molecular weight is 277 g/mol. The number of nitrogens with one attached hydrogen (secondary N) is 1. The summed E-state index contributed by atoms with van der Waals surface area (Å²) in [4.78, 5) is 13.6. The molecule has 0 aromatic carbocycles. The van der Waals surface area contributed by atoms with Gasteiger partial charge in [-0.1, -0.05) is 20.8 Å². The maximum atomic E-state index is 4.52. The monoisotopic (exact) mass is 277 g/mol. The lowest BCUT2D eigenvalue weighted by Gasteiger charge is -2.22. The van der Waals surface area contributed by atoms with Crippen LogP contribution in [0.1, 0.15) is 26.3 Å². The Bertz CT molecular complexity index is 415. The number of anilines is 1. The predicted octanol–water partition coefficient (Wildman–Crippen LogP) is 1.36. The molecular formula is C15H27N5. The molecule has 1 aromatic rings. The molecule has 20 heavy (non-hydrogen) atoms. The second kappa shape index (κ2) is 6.50. The van der Waals surface area contributed by atoms with E-state index >= 15 is 0 Å². The Morgan fingerprint density at radius 1 is 1.30 bits per heavy atom. The van der Waals surface area contributed by atoms with Crippen molar-refractivity contribution in [1.82, 2.24) is 20.2 Å². The molecule has 0 saturated carbocycles. The van der Waals surface area contributed by atoms with Crippen molar-refractivity contribution < 1.29 is 0 Å². The second-order valence-corrected chi connectivity index (χ2v) is 6.34. The van der Waals surface area contributed by atoms with Gasteiger partial charge >= 0.3 is 0 Å². The van der Waals surface area contributed by atoms with E-state index in [1.165, 1.54) is 0 Å². The Hall–Kier alpha value is -1.20. The number of nitrogens with zero attached hydrogens (tertiary/aromatic N) is 4. The van der Waals surface area contributed by atoms with Gasteiger partial charge < -0.3 is 15.1 Å². The van der Waals surface area contributed by atoms with Gasteiger partial charge in [0.2, 0.25) is 5.95 Å². The molecule has 2 unspecified atom stereocenters. The highest BCUT2D eigenvalue weighted by molar-refractivity contribution is 5.33. The lowest BCUT2D eigenvalue weighted by Crippen LogP contribution is -2.34. The highest BCUT2D eigenvalue weighted by atomic mass is 15.3. The molecule has 0 radical (unpaired) electrons. The molecule has 1 aliphatic rings. The smallest absolute Gasteiger partial charge is 0.225 e. The first kappa shape index (κ1) is 15.2. The minimum Gasteiger partial charge on any atom is -0.339 e.